The minimum absolute atomic E-state index is 0.168. The molecule has 0 radical (unpaired) electrons. The number of halogens is 1. The number of nitrogens with zero attached hydrogens (tertiary/aromatic N) is 2. The third-order valence-electron chi connectivity index (χ3n) is 7.03. The molecule has 6 heteroatoms. The molecule has 5 aliphatic rings. The summed E-state index contributed by atoms with van der Waals surface area (Å²) in [5, 5.41) is 5.93. The van der Waals surface area contributed by atoms with Crippen LogP contribution in [0.5, 0.6) is 0 Å². The number of hydrogen-bond donors (Lipinski definition) is 0. The monoisotopic (exact) mass is 406 g/mol. The lowest BCUT2D eigenvalue weighted by Gasteiger charge is -2.37. The van der Waals surface area contributed by atoms with E-state index in [0.717, 1.165) is 22.6 Å². The Morgan fingerprint density at radius 3 is 2.45 bits per heavy atom. The third-order valence-corrected chi connectivity index (χ3v) is 7.27. The third kappa shape index (κ3) is 2.43. The van der Waals surface area contributed by atoms with E-state index in [4.69, 9.17) is 16.0 Å². The van der Waals surface area contributed by atoms with Crippen molar-refractivity contribution in [3.63, 3.8) is 0 Å². The summed E-state index contributed by atoms with van der Waals surface area (Å²) in [7, 11) is 0. The van der Waals surface area contributed by atoms with Crippen molar-refractivity contribution >= 4 is 29.6 Å². The van der Waals surface area contributed by atoms with Gasteiger partial charge < -0.3 is 4.42 Å². The number of imide groups is 1. The van der Waals surface area contributed by atoms with Crippen molar-refractivity contribution in [2.75, 3.05) is 0 Å². The fraction of sp³-hybridized carbons (Fsp3) is 0.348. The van der Waals surface area contributed by atoms with E-state index in [0.29, 0.717) is 28.4 Å². The highest BCUT2D eigenvalue weighted by molar-refractivity contribution is 6.30. The first-order valence-corrected chi connectivity index (χ1v) is 10.4. The Morgan fingerprint density at radius 2 is 1.76 bits per heavy atom. The normalized spacial score (nSPS) is 34.2. The van der Waals surface area contributed by atoms with Crippen LogP contribution < -0.4 is 0 Å². The molecule has 0 spiro atoms. The number of benzene rings is 1. The van der Waals surface area contributed by atoms with Crippen molar-refractivity contribution in [1.82, 2.24) is 5.01 Å². The van der Waals surface area contributed by atoms with Crippen LogP contribution >= 0.6 is 11.6 Å². The minimum Gasteiger partial charge on any atom is -0.455 e. The largest absolute Gasteiger partial charge is 0.455 e. The lowest BCUT2D eigenvalue weighted by Crippen LogP contribution is -2.40. The highest BCUT2D eigenvalue weighted by atomic mass is 35.5. The summed E-state index contributed by atoms with van der Waals surface area (Å²) in [6, 6.07) is 9.23. The van der Waals surface area contributed by atoms with E-state index in [9.17, 15) is 9.59 Å². The summed E-state index contributed by atoms with van der Waals surface area (Å²) in [4.78, 5) is 25.9. The molecule has 2 bridgehead atoms. The van der Waals surface area contributed by atoms with Crippen LogP contribution in [-0.2, 0) is 9.59 Å². The van der Waals surface area contributed by atoms with Crippen molar-refractivity contribution in [3.05, 3.63) is 58.8 Å². The number of carbonyl (C=O) groups is 2. The van der Waals surface area contributed by atoms with Gasteiger partial charge in [0.15, 0.2) is 0 Å². The smallest absolute Gasteiger partial charge is 0.254 e. The zero-order valence-electron chi connectivity index (χ0n) is 15.8. The average Bonchev–Trinajstić information content (AvgIpc) is 3.36. The molecular weight excluding hydrogens is 388 g/mol. The molecule has 0 unspecified atom stereocenters. The van der Waals surface area contributed by atoms with Gasteiger partial charge in [-0.25, -0.2) is 0 Å². The number of furan rings is 1. The van der Waals surface area contributed by atoms with Crippen molar-refractivity contribution in [3.8, 4) is 11.3 Å². The second-order valence-corrected chi connectivity index (χ2v) is 8.99. The average molecular weight is 407 g/mol. The van der Waals surface area contributed by atoms with E-state index >= 15 is 0 Å². The standard InChI is InChI=1S/C23H19ClN2O3/c1-11-2-3-12(24)8-16(11)19-7-4-13(29-19)10-25-26-22(27)20-14-5-6-15(18-9-17(14)18)21(20)23(26)28/h2-8,10,14-15,17-18,20-21H,9H2,1H3/t14-,15-,17-,18+,20+,21+/m0/s1. The van der Waals surface area contributed by atoms with Gasteiger partial charge in [-0.1, -0.05) is 29.8 Å². The Morgan fingerprint density at radius 1 is 1.07 bits per heavy atom. The molecule has 3 fully saturated rings. The molecule has 2 heterocycles. The van der Waals surface area contributed by atoms with E-state index in [1.807, 2.05) is 31.2 Å². The van der Waals surface area contributed by atoms with Crippen LogP contribution in [0, 0.1) is 42.4 Å². The Hall–Kier alpha value is -2.66. The van der Waals surface area contributed by atoms with Crippen LogP contribution in [-0.4, -0.2) is 23.0 Å². The van der Waals surface area contributed by atoms with Crippen molar-refractivity contribution in [2.24, 2.45) is 40.6 Å². The Labute approximate surface area is 173 Å². The van der Waals surface area contributed by atoms with Gasteiger partial charge >= 0.3 is 0 Å². The molecule has 4 aliphatic carbocycles. The second-order valence-electron chi connectivity index (χ2n) is 8.55. The maximum absolute atomic E-state index is 12.9. The number of rotatable bonds is 3. The van der Waals surface area contributed by atoms with Gasteiger partial charge in [-0.15, -0.1) is 0 Å². The van der Waals surface area contributed by atoms with Crippen LogP contribution in [0.15, 0.2) is 52.0 Å². The minimum atomic E-state index is -0.236. The summed E-state index contributed by atoms with van der Waals surface area (Å²) in [5.41, 5.74) is 1.95. The Bertz CT molecular complexity index is 1080. The zero-order valence-corrected chi connectivity index (χ0v) is 16.5. The molecule has 0 N–H and O–H groups in total. The number of hydrogen-bond acceptors (Lipinski definition) is 4. The van der Waals surface area contributed by atoms with Crippen molar-refractivity contribution in [1.29, 1.82) is 0 Å². The molecule has 2 aromatic rings. The predicted octanol–water partition coefficient (Wildman–Crippen LogP) is 4.30. The fourth-order valence-corrected chi connectivity index (χ4v) is 5.77. The van der Waals surface area contributed by atoms with Crippen molar-refractivity contribution in [2.45, 2.75) is 13.3 Å². The molecule has 1 aliphatic heterocycles. The molecule has 146 valence electrons. The van der Waals surface area contributed by atoms with Gasteiger partial charge in [-0.3, -0.25) is 9.59 Å². The quantitative estimate of drug-likeness (QED) is 0.434. The van der Waals surface area contributed by atoms with Gasteiger partial charge in [-0.2, -0.15) is 10.1 Å². The van der Waals surface area contributed by atoms with E-state index < -0.39 is 0 Å². The van der Waals surface area contributed by atoms with Gasteiger partial charge in [0.05, 0.1) is 18.1 Å². The van der Waals surface area contributed by atoms with Crippen LogP contribution in [0.3, 0.4) is 0 Å². The molecule has 1 aromatic heterocycles. The fourth-order valence-electron chi connectivity index (χ4n) is 5.60. The number of hydrazone groups is 1. The second kappa shape index (κ2) is 5.92. The molecule has 7 rings (SSSR count). The number of aryl methyl sites for hydroxylation is 1. The van der Waals surface area contributed by atoms with E-state index in [1.54, 1.807) is 6.07 Å². The predicted molar refractivity (Wildman–Crippen MR) is 108 cm³/mol. The molecule has 1 aromatic carbocycles. The summed E-state index contributed by atoms with van der Waals surface area (Å²) in [6.07, 6.45) is 6.92. The van der Waals surface area contributed by atoms with Gasteiger partial charge in [0.1, 0.15) is 11.5 Å². The maximum atomic E-state index is 12.9. The summed E-state index contributed by atoms with van der Waals surface area (Å²) in [6.45, 7) is 1.98. The van der Waals surface area contributed by atoms with E-state index in [1.165, 1.54) is 6.21 Å². The lowest BCUT2D eigenvalue weighted by atomic mass is 9.63. The summed E-state index contributed by atoms with van der Waals surface area (Å²) < 4.78 is 5.86. The topological polar surface area (TPSA) is 62.9 Å². The number of carbonyl (C=O) groups excluding carboxylic acids is 2. The molecule has 6 atom stereocenters. The molecule has 29 heavy (non-hydrogen) atoms. The van der Waals surface area contributed by atoms with Crippen LogP contribution in [0.4, 0.5) is 0 Å². The molecule has 2 saturated carbocycles. The lowest BCUT2D eigenvalue weighted by molar-refractivity contribution is -0.140. The molecule has 1 saturated heterocycles. The van der Waals surface area contributed by atoms with Gasteiger partial charge in [-0.05, 0) is 66.8 Å². The van der Waals surface area contributed by atoms with E-state index in [-0.39, 0.29) is 35.5 Å². The highest BCUT2D eigenvalue weighted by Crippen LogP contribution is 2.65. The van der Waals surface area contributed by atoms with Crippen LogP contribution in [0.2, 0.25) is 5.02 Å². The van der Waals surface area contributed by atoms with Crippen molar-refractivity contribution < 1.29 is 14.0 Å². The van der Waals surface area contributed by atoms with Gasteiger partial charge in [0.25, 0.3) is 11.8 Å². The van der Waals surface area contributed by atoms with Gasteiger partial charge in [0, 0.05) is 10.6 Å². The highest BCUT2D eigenvalue weighted by Gasteiger charge is 2.67. The molecular formula is C23H19ClN2O3. The Kier molecular flexibility index (Phi) is 3.52. The first kappa shape index (κ1) is 17.2. The van der Waals surface area contributed by atoms with Crippen LogP contribution in [0.1, 0.15) is 17.7 Å². The molecule has 5 nitrogen and oxygen atoms in total. The van der Waals surface area contributed by atoms with Gasteiger partial charge in [0.2, 0.25) is 0 Å². The first-order chi connectivity index (χ1) is 14.0. The Balaban J connectivity index is 1.26. The maximum Gasteiger partial charge on any atom is 0.254 e. The molecule has 2 amide bonds. The number of allylic oxidation sites excluding steroid dienone is 2. The zero-order chi connectivity index (χ0) is 19.9. The SMILES string of the molecule is Cc1ccc(Cl)cc1-c1ccc(C=NN2C(=O)[C@@H]3[C@H]4C=C[C@@H]([C@@H]5C[C@H]45)[C@H]3C2=O)o1. The van der Waals surface area contributed by atoms with Crippen LogP contribution in [0.25, 0.3) is 11.3 Å². The first-order valence-electron chi connectivity index (χ1n) is 9.99. The summed E-state index contributed by atoms with van der Waals surface area (Å²) in [5.74, 6) is 1.91. The van der Waals surface area contributed by atoms with E-state index in [2.05, 4.69) is 17.3 Å². The summed E-state index contributed by atoms with van der Waals surface area (Å²) >= 11 is 6.10. The number of amides is 2.